The molecule has 1 saturated heterocycles. The van der Waals surface area contributed by atoms with Crippen LogP contribution in [0.4, 0.5) is 60.1 Å². The molecule has 9 aromatic carbocycles. The highest BCUT2D eigenvalue weighted by atomic mass is 19.3. The van der Waals surface area contributed by atoms with E-state index in [9.17, 15) is 8.78 Å². The molecule has 10 aromatic heterocycles. The van der Waals surface area contributed by atoms with Gasteiger partial charge in [0.05, 0.1) is 192 Å². The van der Waals surface area contributed by atoms with Gasteiger partial charge in [0.25, 0.3) is 5.92 Å². The van der Waals surface area contributed by atoms with Crippen LogP contribution in [0.5, 0.6) is 46.0 Å². The predicted octanol–water partition coefficient (Wildman–Crippen LogP) is 21.4. The molecule has 764 valence electrons. The molecular formula is C116H118F2N24O8. The van der Waals surface area contributed by atoms with Crippen LogP contribution in [0.25, 0.3) is 89.2 Å². The van der Waals surface area contributed by atoms with Crippen LogP contribution >= 0.6 is 0 Å². The van der Waals surface area contributed by atoms with Crippen molar-refractivity contribution in [1.82, 2.24) is 93.9 Å². The van der Waals surface area contributed by atoms with Gasteiger partial charge in [-0.2, -0.15) is 20.4 Å². The summed E-state index contributed by atoms with van der Waals surface area (Å²) in [7, 11) is 24.7. The molecule has 2 fully saturated rings. The van der Waals surface area contributed by atoms with Crippen LogP contribution in [-0.4, -0.2) is 210 Å². The average molecular weight is 2010 g/mol. The van der Waals surface area contributed by atoms with Gasteiger partial charge in [0.15, 0.2) is 0 Å². The average Bonchev–Trinajstić information content (AvgIpc) is 1.63. The molecule has 0 radical (unpaired) electrons. The summed E-state index contributed by atoms with van der Waals surface area (Å²) in [6, 6.07) is 70.1. The Morgan fingerprint density at radius 3 is 1.09 bits per heavy atom. The number of hydrogen-bond donors (Lipinski definition) is 0. The van der Waals surface area contributed by atoms with Crippen molar-refractivity contribution < 1.29 is 46.7 Å². The lowest BCUT2D eigenvalue weighted by molar-refractivity contribution is -0.0219. The fourth-order valence-electron chi connectivity index (χ4n) is 18.1. The van der Waals surface area contributed by atoms with Gasteiger partial charge < -0.3 is 62.4 Å². The maximum Gasteiger partial charge on any atom is 0.257 e. The SMILES string of the molecule is COc1cc(OC)cc(N(CC2CCN(CC(C)(F)F)CC2)c2ccc3ncc(-c4cnn(C)c4)nc3c2)c1.COc1cc(OC)cc(N(CCC#Cc2ccccc2)c2ccc3ncc(-c4cnn(C)c4)nc3c2)c1.COc1cc(OC)cc(N(C[C@@H]2C[C@H]2c2ccccn2)c2ccc3ncc(-c4cnn(C)c4)nc3c2)c1.COc1cc(OC)cc(N(Cc2cccc(N(C)C)n2)c2ccc3ncc(-c4cnn(C)c4)nc3c2)c1. The molecular weight excluding hydrogens is 1900 g/mol. The van der Waals surface area contributed by atoms with E-state index < -0.39 is 5.92 Å². The minimum atomic E-state index is -2.68. The number of aryl methyl sites for hydroxylation is 4. The molecule has 0 spiro atoms. The number of pyridine rings is 2. The van der Waals surface area contributed by atoms with E-state index in [0.29, 0.717) is 91.4 Å². The first kappa shape index (κ1) is 102. The Labute approximate surface area is 869 Å². The standard InChI is InChI=1S/C30H27N5O2.C29H34F2N6O2.C29H28N6O2.C28H29N7O2/c1-34-21-23(19-32-34)30-20-31-28-13-12-24(17-29(28)33-30)35(14-8-7-11-22-9-5-4-6-10-22)25-15-26(36-2)18-27(16-25)37-3;1-29(30,31)19-36-9-7-20(8-10-36)17-37(23-11-24(38-3)14-25(12-23)39-4)22-5-6-26-27(13-22)34-28(16-32-26)21-15-33-35(2)18-21;1-34-17-20(15-32-34)29-16-31-27-8-7-21(13-28(27)33-29)35(22-11-23(36-2)14-24(12-22)37-3)18-19-10-25(19)26-6-4-5-9-30-26;1-33(2)28-8-6-7-20(31-28)18-35(22-11-23(36-4)14-24(12-22)37-5)21-9-10-25-26(13-21)32-27(16-29-25)19-15-30-34(3)17-19/h4-6,9-10,12-13,15-21H,8,14H2,1-3H3;5-6,11-16,18,20H,7-10,17,19H2,1-4H3;4-9,11-17,19,25H,10,18H2,1-3H3;6-17H,18H2,1-5H3/t;;19-,25+;/m..0./s1. The van der Waals surface area contributed by atoms with Gasteiger partial charge in [-0.05, 0) is 153 Å². The number of hydrogen-bond acceptors (Lipinski definition) is 28. The lowest BCUT2D eigenvalue weighted by Gasteiger charge is -2.36. The van der Waals surface area contributed by atoms with E-state index in [1.807, 2.05) is 259 Å². The minimum absolute atomic E-state index is 0.195. The van der Waals surface area contributed by atoms with Crippen molar-refractivity contribution in [3.63, 3.8) is 0 Å². The van der Waals surface area contributed by atoms with Crippen LogP contribution in [-0.2, 0) is 34.7 Å². The number of halogens is 2. The number of fused-ring (bicyclic) bond motifs is 4. The van der Waals surface area contributed by atoms with Crippen molar-refractivity contribution >= 4 is 95.5 Å². The zero-order valence-electron chi connectivity index (χ0n) is 86.5. The Morgan fingerprint density at radius 1 is 0.367 bits per heavy atom. The van der Waals surface area contributed by atoms with Crippen molar-refractivity contribution in [3.05, 3.63) is 310 Å². The van der Waals surface area contributed by atoms with E-state index in [1.165, 1.54) is 0 Å². The molecule has 0 bridgehead atoms. The highest BCUT2D eigenvalue weighted by molar-refractivity contribution is 5.88. The third-order valence-electron chi connectivity index (χ3n) is 26.0. The molecule has 0 amide bonds. The largest absolute Gasteiger partial charge is 0.497 e. The van der Waals surface area contributed by atoms with Gasteiger partial charge in [-0.15, -0.1) is 0 Å². The zero-order chi connectivity index (χ0) is 104. The Morgan fingerprint density at radius 2 is 0.733 bits per heavy atom. The van der Waals surface area contributed by atoms with Crippen LogP contribution in [0.15, 0.2) is 293 Å². The van der Waals surface area contributed by atoms with Crippen LogP contribution < -0.4 is 62.4 Å². The summed E-state index contributed by atoms with van der Waals surface area (Å²) in [6.07, 6.45) is 27.3. The third-order valence-corrected chi connectivity index (χ3v) is 26.0. The fourth-order valence-corrected chi connectivity index (χ4v) is 18.1. The molecule has 0 unspecified atom stereocenters. The summed E-state index contributed by atoms with van der Waals surface area (Å²) in [5.41, 5.74) is 24.0. The Bertz CT molecular complexity index is 7880. The lowest BCUT2D eigenvalue weighted by atomic mass is 9.95. The Kier molecular flexibility index (Phi) is 31.9. The summed E-state index contributed by atoms with van der Waals surface area (Å²) in [5, 5.41) is 17.1. The van der Waals surface area contributed by atoms with Crippen LogP contribution in [0, 0.1) is 23.7 Å². The second-order valence-corrected chi connectivity index (χ2v) is 37.0. The van der Waals surface area contributed by atoms with Gasteiger partial charge in [-0.1, -0.05) is 42.2 Å². The molecule has 32 nitrogen and oxygen atoms in total. The number of methoxy groups -OCH3 is 8. The van der Waals surface area contributed by atoms with Crippen molar-refractivity contribution in [2.24, 2.45) is 40.0 Å². The third kappa shape index (κ3) is 25.5. The van der Waals surface area contributed by atoms with Crippen LogP contribution in [0.2, 0.25) is 0 Å². The van der Waals surface area contributed by atoms with Gasteiger partial charge in [-0.25, -0.2) is 33.7 Å². The van der Waals surface area contributed by atoms with E-state index in [-0.39, 0.29) is 6.54 Å². The number of ether oxygens (including phenoxy) is 8. The summed E-state index contributed by atoms with van der Waals surface area (Å²) >= 11 is 0. The summed E-state index contributed by atoms with van der Waals surface area (Å²) in [4.78, 5) is 60.3. The van der Waals surface area contributed by atoms with Crippen LogP contribution in [0.1, 0.15) is 55.5 Å². The summed E-state index contributed by atoms with van der Waals surface area (Å²) in [6.45, 7) is 4.84. The molecule has 34 heteroatoms. The van der Waals surface area contributed by atoms with E-state index in [0.717, 1.165) is 202 Å². The predicted molar refractivity (Wildman–Crippen MR) is 583 cm³/mol. The fraction of sp³-hybridized carbons (Fsp3) is 0.259. The molecule has 1 aliphatic heterocycles. The highest BCUT2D eigenvalue weighted by Gasteiger charge is 2.41. The minimum Gasteiger partial charge on any atom is -0.497 e. The number of benzene rings is 9. The van der Waals surface area contributed by atoms with Gasteiger partial charge in [-0.3, -0.25) is 48.5 Å². The second kappa shape index (κ2) is 46.8. The summed E-state index contributed by atoms with van der Waals surface area (Å²) in [5.74, 6) is 11.7. The van der Waals surface area contributed by atoms with Gasteiger partial charge in [0.2, 0.25) is 0 Å². The van der Waals surface area contributed by atoms with Crippen molar-refractivity contribution in [1.29, 1.82) is 0 Å². The van der Waals surface area contributed by atoms with Crippen molar-refractivity contribution in [2.75, 3.05) is 135 Å². The molecule has 150 heavy (non-hydrogen) atoms. The summed E-state index contributed by atoms with van der Waals surface area (Å²) < 4.78 is 78.7. The second-order valence-electron chi connectivity index (χ2n) is 37.0. The van der Waals surface area contributed by atoms with E-state index >= 15 is 0 Å². The maximum atomic E-state index is 13.6. The first-order valence-corrected chi connectivity index (χ1v) is 49.1. The molecule has 2 atom stereocenters. The number of alkyl halides is 2. The number of rotatable bonds is 32. The molecule has 1 aliphatic carbocycles. The molecule has 21 rings (SSSR count). The van der Waals surface area contributed by atoms with Gasteiger partial charge in [0.1, 0.15) is 51.8 Å². The molecule has 2 aliphatic rings. The number of nitrogens with zero attached hydrogens (tertiary/aromatic N) is 24. The Hall–Kier alpha value is -17.7. The maximum absolute atomic E-state index is 13.6. The van der Waals surface area contributed by atoms with Crippen LogP contribution in [0.3, 0.4) is 0 Å². The molecule has 0 N–H and O–H groups in total. The first-order valence-electron chi connectivity index (χ1n) is 49.1. The van der Waals surface area contributed by atoms with Crippen molar-refractivity contribution in [3.8, 4) is 103 Å². The highest BCUT2D eigenvalue weighted by Crippen LogP contribution is 2.50. The smallest absolute Gasteiger partial charge is 0.257 e. The zero-order valence-corrected chi connectivity index (χ0v) is 86.5. The number of anilines is 9. The molecule has 19 aromatic rings. The number of piperidine rings is 1. The Balaban J connectivity index is 0.000000131. The monoisotopic (exact) mass is 2010 g/mol. The first-order chi connectivity index (χ1) is 72.9. The molecule has 1 saturated carbocycles. The van der Waals surface area contributed by atoms with E-state index in [2.05, 4.69) is 113 Å². The molecule has 11 heterocycles. The quantitative estimate of drug-likeness (QED) is 0.0354. The van der Waals surface area contributed by atoms with Crippen molar-refractivity contribution in [2.45, 2.75) is 51.0 Å². The topological polar surface area (TPSA) is 293 Å². The lowest BCUT2D eigenvalue weighted by Crippen LogP contribution is -2.42. The van der Waals surface area contributed by atoms with Gasteiger partial charge >= 0.3 is 0 Å². The van der Waals surface area contributed by atoms with E-state index in [1.54, 1.807) is 125 Å². The normalized spacial score (nSPS) is 13.3. The van der Waals surface area contributed by atoms with Gasteiger partial charge in [0, 0.05) is 264 Å². The number of aromatic nitrogens is 18. The number of likely N-dealkylation sites (tertiary alicyclic amines) is 1. The van der Waals surface area contributed by atoms with E-state index in [4.69, 9.17) is 62.8 Å².